The average molecular weight is 470 g/mol. The molecule has 3 aromatic carbocycles. The maximum absolute atomic E-state index is 14.1. The van der Waals surface area contributed by atoms with Crippen molar-refractivity contribution in [3.8, 4) is 0 Å². The maximum atomic E-state index is 14.1. The second-order valence-electron chi connectivity index (χ2n) is 6.75. The number of hydrogen-bond acceptors (Lipinski definition) is 4. The van der Waals surface area contributed by atoms with Crippen molar-refractivity contribution < 1.29 is 18.8 Å². The van der Waals surface area contributed by atoms with Gasteiger partial charge in [-0.2, -0.15) is 0 Å². The van der Waals surface area contributed by atoms with Gasteiger partial charge in [0.15, 0.2) is 0 Å². The summed E-state index contributed by atoms with van der Waals surface area (Å²) in [6.07, 6.45) is 0. The largest absolute Gasteiger partial charge is 0.350 e. The predicted molar refractivity (Wildman–Crippen MR) is 121 cm³/mol. The van der Waals surface area contributed by atoms with Gasteiger partial charge in [0, 0.05) is 22.0 Å². The molecule has 0 fully saturated rings. The molecule has 2 N–H and O–H groups in total. The van der Waals surface area contributed by atoms with Gasteiger partial charge in [-0.15, -0.1) is 0 Å². The first-order valence-electron chi connectivity index (χ1n) is 9.32. The van der Waals surface area contributed by atoms with E-state index in [1.807, 2.05) is 0 Å². The summed E-state index contributed by atoms with van der Waals surface area (Å²) in [5.74, 6) is -2.70. The van der Waals surface area contributed by atoms with Gasteiger partial charge in [-0.25, -0.2) is 9.29 Å². The fourth-order valence-corrected chi connectivity index (χ4v) is 3.48. The molecule has 0 radical (unpaired) electrons. The Bertz CT molecular complexity index is 1280. The smallest absolute Gasteiger partial charge is 0.283 e. The van der Waals surface area contributed by atoms with Crippen LogP contribution in [0.25, 0.3) is 0 Å². The zero-order chi connectivity index (χ0) is 22.8. The van der Waals surface area contributed by atoms with Gasteiger partial charge in [-0.1, -0.05) is 41.4 Å². The first-order valence-corrected chi connectivity index (χ1v) is 10.1. The van der Waals surface area contributed by atoms with E-state index in [0.29, 0.717) is 26.9 Å². The molecule has 9 heteroatoms. The van der Waals surface area contributed by atoms with Crippen LogP contribution >= 0.6 is 23.2 Å². The highest BCUT2D eigenvalue weighted by molar-refractivity contribution is 6.53. The Morgan fingerprint density at radius 1 is 0.844 bits per heavy atom. The van der Waals surface area contributed by atoms with E-state index in [0.717, 1.165) is 6.07 Å². The summed E-state index contributed by atoms with van der Waals surface area (Å²) >= 11 is 12.0. The van der Waals surface area contributed by atoms with Crippen LogP contribution in [-0.4, -0.2) is 17.7 Å². The van der Waals surface area contributed by atoms with Crippen molar-refractivity contribution in [2.75, 3.05) is 15.5 Å². The Morgan fingerprint density at radius 3 is 2.25 bits per heavy atom. The van der Waals surface area contributed by atoms with Crippen molar-refractivity contribution in [2.45, 2.75) is 0 Å². The van der Waals surface area contributed by atoms with Crippen LogP contribution < -0.4 is 15.5 Å². The minimum Gasteiger partial charge on any atom is -0.350 e. The Kier molecular flexibility index (Phi) is 5.94. The SMILES string of the molecule is O=C(Nc1cccc(Cl)c1)c1ccc(NC2=C(Cl)C(=O)N(c3ccccc3F)C2=O)cc1. The van der Waals surface area contributed by atoms with E-state index in [1.165, 1.54) is 30.3 Å². The summed E-state index contributed by atoms with van der Waals surface area (Å²) in [6.45, 7) is 0. The molecule has 4 rings (SSSR count). The summed E-state index contributed by atoms with van der Waals surface area (Å²) in [5, 5.41) is 5.64. The van der Waals surface area contributed by atoms with E-state index in [9.17, 15) is 18.8 Å². The molecule has 3 aromatic rings. The molecule has 0 unspecified atom stereocenters. The van der Waals surface area contributed by atoms with Crippen molar-refractivity contribution >= 4 is 58.0 Å². The number of imide groups is 1. The second kappa shape index (κ2) is 8.82. The Balaban J connectivity index is 1.49. The third-order valence-corrected chi connectivity index (χ3v) is 5.21. The Morgan fingerprint density at radius 2 is 1.56 bits per heavy atom. The monoisotopic (exact) mass is 469 g/mol. The van der Waals surface area contributed by atoms with Crippen LogP contribution in [0.2, 0.25) is 5.02 Å². The summed E-state index contributed by atoms with van der Waals surface area (Å²) in [6, 6.07) is 18.3. The van der Waals surface area contributed by atoms with E-state index in [4.69, 9.17) is 23.2 Å². The van der Waals surface area contributed by atoms with Crippen LogP contribution in [0.4, 0.5) is 21.5 Å². The predicted octanol–water partition coefficient (Wildman–Crippen LogP) is 5.17. The van der Waals surface area contributed by atoms with Gasteiger partial charge in [0.25, 0.3) is 17.7 Å². The highest BCUT2D eigenvalue weighted by Crippen LogP contribution is 2.31. The quantitative estimate of drug-likeness (QED) is 0.505. The maximum Gasteiger partial charge on any atom is 0.283 e. The third kappa shape index (κ3) is 4.21. The topological polar surface area (TPSA) is 78.5 Å². The minimum absolute atomic E-state index is 0.184. The van der Waals surface area contributed by atoms with Gasteiger partial charge >= 0.3 is 0 Å². The molecule has 0 atom stereocenters. The number of anilines is 3. The normalized spacial score (nSPS) is 13.5. The lowest BCUT2D eigenvalue weighted by Crippen LogP contribution is -2.33. The van der Waals surface area contributed by atoms with Gasteiger partial charge in [0.05, 0.1) is 5.69 Å². The van der Waals surface area contributed by atoms with Crippen LogP contribution in [0.5, 0.6) is 0 Å². The molecule has 1 aliphatic rings. The molecule has 0 aliphatic carbocycles. The second-order valence-corrected chi connectivity index (χ2v) is 7.57. The molecule has 1 aliphatic heterocycles. The van der Waals surface area contributed by atoms with Crippen molar-refractivity contribution in [2.24, 2.45) is 0 Å². The minimum atomic E-state index is -0.832. The summed E-state index contributed by atoms with van der Waals surface area (Å²) in [4.78, 5) is 38.3. The van der Waals surface area contributed by atoms with E-state index >= 15 is 0 Å². The summed E-state index contributed by atoms with van der Waals surface area (Å²) in [7, 11) is 0. The molecular formula is C23H14Cl2FN3O3. The first kappa shape index (κ1) is 21.5. The van der Waals surface area contributed by atoms with Crippen LogP contribution in [0.15, 0.2) is 83.5 Å². The molecular weight excluding hydrogens is 456 g/mol. The molecule has 3 amide bonds. The zero-order valence-electron chi connectivity index (χ0n) is 16.2. The van der Waals surface area contributed by atoms with Gasteiger partial charge in [0.1, 0.15) is 16.5 Å². The number of carbonyl (C=O) groups excluding carboxylic acids is 3. The number of benzene rings is 3. The standard InChI is InChI=1S/C23H14Cl2FN3O3/c24-14-4-3-5-16(12-14)28-21(30)13-8-10-15(11-9-13)27-20-19(25)22(31)29(23(20)32)18-7-2-1-6-17(18)26/h1-12,27H,(H,28,30). The highest BCUT2D eigenvalue weighted by atomic mass is 35.5. The van der Waals surface area contributed by atoms with Gasteiger partial charge in [-0.3, -0.25) is 14.4 Å². The van der Waals surface area contributed by atoms with Gasteiger partial charge in [0.2, 0.25) is 0 Å². The lowest BCUT2D eigenvalue weighted by Gasteiger charge is -2.15. The lowest BCUT2D eigenvalue weighted by molar-refractivity contribution is -0.120. The molecule has 1 heterocycles. The van der Waals surface area contributed by atoms with Crippen molar-refractivity contribution in [3.05, 3.63) is 99.9 Å². The van der Waals surface area contributed by atoms with Crippen LogP contribution in [-0.2, 0) is 9.59 Å². The van der Waals surface area contributed by atoms with Crippen molar-refractivity contribution in [3.63, 3.8) is 0 Å². The average Bonchev–Trinajstić information content (AvgIpc) is 2.98. The fraction of sp³-hybridized carbons (Fsp3) is 0. The van der Waals surface area contributed by atoms with Crippen LogP contribution in [0.3, 0.4) is 0 Å². The number of para-hydroxylation sites is 1. The molecule has 0 aromatic heterocycles. The van der Waals surface area contributed by atoms with Crippen LogP contribution in [0, 0.1) is 5.82 Å². The molecule has 0 saturated heterocycles. The molecule has 6 nitrogen and oxygen atoms in total. The first-order chi connectivity index (χ1) is 15.3. The summed E-state index contributed by atoms with van der Waals surface area (Å²) in [5.41, 5.74) is 0.942. The third-order valence-electron chi connectivity index (χ3n) is 4.62. The number of nitrogens with one attached hydrogen (secondary N) is 2. The number of nitrogens with zero attached hydrogens (tertiary/aromatic N) is 1. The number of carbonyl (C=O) groups is 3. The lowest BCUT2D eigenvalue weighted by atomic mass is 10.2. The molecule has 160 valence electrons. The number of amides is 3. The molecule has 0 saturated carbocycles. The van der Waals surface area contributed by atoms with Gasteiger partial charge < -0.3 is 10.6 Å². The van der Waals surface area contributed by atoms with Gasteiger partial charge in [-0.05, 0) is 54.6 Å². The highest BCUT2D eigenvalue weighted by Gasteiger charge is 2.40. The van der Waals surface area contributed by atoms with Crippen molar-refractivity contribution in [1.29, 1.82) is 0 Å². The zero-order valence-corrected chi connectivity index (χ0v) is 17.7. The van der Waals surface area contributed by atoms with E-state index in [1.54, 1.807) is 36.4 Å². The Labute approximate surface area is 192 Å². The van der Waals surface area contributed by atoms with Crippen LogP contribution in [0.1, 0.15) is 10.4 Å². The fourth-order valence-electron chi connectivity index (χ4n) is 3.08. The molecule has 32 heavy (non-hydrogen) atoms. The molecule has 0 bridgehead atoms. The summed E-state index contributed by atoms with van der Waals surface area (Å²) < 4.78 is 14.1. The van der Waals surface area contributed by atoms with E-state index in [2.05, 4.69) is 10.6 Å². The van der Waals surface area contributed by atoms with E-state index in [-0.39, 0.29) is 22.3 Å². The number of rotatable bonds is 5. The molecule has 0 spiro atoms. The number of hydrogen-bond donors (Lipinski definition) is 2. The van der Waals surface area contributed by atoms with E-state index < -0.39 is 17.6 Å². The Hall–Kier alpha value is -3.68. The number of halogens is 3. The van der Waals surface area contributed by atoms with Crippen molar-refractivity contribution in [1.82, 2.24) is 0 Å².